The van der Waals surface area contributed by atoms with E-state index in [1.165, 1.54) is 28.4 Å². The molecular weight excluding hydrogens is 454 g/mol. The Hall–Kier alpha value is -2.91. The largest absolute Gasteiger partial charge is 0.495 e. The Morgan fingerprint density at radius 1 is 1.12 bits per heavy atom. The van der Waals surface area contributed by atoms with Crippen molar-refractivity contribution in [3.8, 4) is 5.75 Å². The molecule has 2 amide bonds. The van der Waals surface area contributed by atoms with Gasteiger partial charge in [0, 0.05) is 31.7 Å². The van der Waals surface area contributed by atoms with E-state index >= 15 is 0 Å². The van der Waals surface area contributed by atoms with Crippen molar-refractivity contribution in [2.45, 2.75) is 44.9 Å². The normalized spacial score (nSPS) is 16.2. The summed E-state index contributed by atoms with van der Waals surface area (Å²) in [5, 5.41) is 2.87. The molecule has 1 aliphatic rings. The molecule has 3 rings (SSSR count). The number of hydrogen-bond donors (Lipinski definition) is 1. The summed E-state index contributed by atoms with van der Waals surface area (Å²) in [4.78, 5) is 27.3. The number of nitrogens with zero attached hydrogens (tertiary/aromatic N) is 2. The molecule has 8 nitrogen and oxygen atoms in total. The fraction of sp³-hybridized carbons (Fsp3) is 0.440. The van der Waals surface area contributed by atoms with E-state index in [0.717, 1.165) is 18.4 Å². The molecule has 0 aliphatic carbocycles. The van der Waals surface area contributed by atoms with Gasteiger partial charge in [0.2, 0.25) is 21.8 Å². The second kappa shape index (κ2) is 11.0. The number of rotatable bonds is 10. The fourth-order valence-electron chi connectivity index (χ4n) is 4.09. The molecule has 1 heterocycles. The summed E-state index contributed by atoms with van der Waals surface area (Å²) in [6, 6.07) is 11.8. The lowest BCUT2D eigenvalue weighted by molar-refractivity contribution is -0.122. The molecule has 1 saturated heterocycles. The van der Waals surface area contributed by atoms with E-state index in [2.05, 4.69) is 5.32 Å². The Bertz CT molecular complexity index is 1130. The maximum absolute atomic E-state index is 13.0. The lowest BCUT2D eigenvalue weighted by Crippen LogP contribution is -2.32. The molecule has 2 aromatic rings. The predicted molar refractivity (Wildman–Crippen MR) is 133 cm³/mol. The first-order valence-electron chi connectivity index (χ1n) is 11.6. The third kappa shape index (κ3) is 5.59. The zero-order chi connectivity index (χ0) is 24.9. The van der Waals surface area contributed by atoms with Crippen LogP contribution in [0.25, 0.3) is 0 Å². The Balaban J connectivity index is 1.72. The van der Waals surface area contributed by atoms with Gasteiger partial charge in [-0.05, 0) is 61.7 Å². The van der Waals surface area contributed by atoms with E-state index in [1.807, 2.05) is 32.9 Å². The Morgan fingerprint density at radius 2 is 1.76 bits per heavy atom. The minimum atomic E-state index is -3.59. The average Bonchev–Trinajstić information content (AvgIpc) is 3.21. The number of anilines is 2. The number of amides is 2. The maximum atomic E-state index is 13.0. The fourth-order valence-corrected chi connectivity index (χ4v) is 5.71. The molecule has 9 heteroatoms. The Labute approximate surface area is 201 Å². The number of sulfonamides is 1. The van der Waals surface area contributed by atoms with E-state index in [4.69, 9.17) is 4.74 Å². The minimum absolute atomic E-state index is 0.0841. The summed E-state index contributed by atoms with van der Waals surface area (Å²) in [6.45, 7) is 6.96. The van der Waals surface area contributed by atoms with Gasteiger partial charge in [-0.3, -0.25) is 9.59 Å². The van der Waals surface area contributed by atoms with Gasteiger partial charge >= 0.3 is 0 Å². The van der Waals surface area contributed by atoms with Crippen molar-refractivity contribution in [2.24, 2.45) is 5.92 Å². The van der Waals surface area contributed by atoms with Crippen molar-refractivity contribution < 1.29 is 22.7 Å². The van der Waals surface area contributed by atoms with Crippen LogP contribution in [0.15, 0.2) is 47.4 Å². The summed E-state index contributed by atoms with van der Waals surface area (Å²) in [7, 11) is -2.06. The highest BCUT2D eigenvalue weighted by molar-refractivity contribution is 7.89. The van der Waals surface area contributed by atoms with Crippen molar-refractivity contribution in [1.29, 1.82) is 0 Å². The molecule has 1 fully saturated rings. The van der Waals surface area contributed by atoms with Crippen molar-refractivity contribution in [1.82, 2.24) is 4.31 Å². The third-order valence-electron chi connectivity index (χ3n) is 5.84. The molecule has 0 aromatic heterocycles. The van der Waals surface area contributed by atoms with Crippen LogP contribution >= 0.6 is 0 Å². The van der Waals surface area contributed by atoms with E-state index in [9.17, 15) is 18.0 Å². The van der Waals surface area contributed by atoms with Crippen molar-refractivity contribution >= 4 is 33.2 Å². The first-order valence-corrected chi connectivity index (χ1v) is 13.0. The van der Waals surface area contributed by atoms with Gasteiger partial charge in [-0.25, -0.2) is 8.42 Å². The first kappa shape index (κ1) is 25.7. The standard InChI is InChI=1S/C25H33N3O5S/c1-5-13-27(14-6-2)34(31,32)21-10-8-20(9-11-21)28-17-19(16-24(28)29)25(30)26-22-15-18(3)7-12-23(22)33-4/h7-12,15,19H,5-6,13-14,16-17H2,1-4H3,(H,26,30). The molecule has 2 aromatic carbocycles. The van der Waals surface area contributed by atoms with Crippen LogP contribution in [0.3, 0.4) is 0 Å². The Kier molecular flexibility index (Phi) is 8.33. The number of aryl methyl sites for hydroxylation is 1. The number of carbonyl (C=O) groups excluding carboxylic acids is 2. The monoisotopic (exact) mass is 487 g/mol. The quantitative estimate of drug-likeness (QED) is 0.550. The van der Waals surface area contributed by atoms with Gasteiger partial charge in [0.25, 0.3) is 0 Å². The highest BCUT2D eigenvalue weighted by Gasteiger charge is 2.35. The summed E-state index contributed by atoms with van der Waals surface area (Å²) < 4.78 is 32.8. The van der Waals surface area contributed by atoms with E-state index < -0.39 is 15.9 Å². The van der Waals surface area contributed by atoms with Crippen LogP contribution in [-0.4, -0.2) is 51.3 Å². The van der Waals surface area contributed by atoms with Crippen LogP contribution in [0, 0.1) is 12.8 Å². The number of carbonyl (C=O) groups is 2. The molecule has 0 saturated carbocycles. The van der Waals surface area contributed by atoms with Crippen molar-refractivity contribution in [3.63, 3.8) is 0 Å². The second-order valence-electron chi connectivity index (χ2n) is 8.50. The van der Waals surface area contributed by atoms with Crippen molar-refractivity contribution in [3.05, 3.63) is 48.0 Å². The number of ether oxygens (including phenoxy) is 1. The van der Waals surface area contributed by atoms with Gasteiger partial charge in [0.15, 0.2) is 0 Å². The molecule has 0 radical (unpaired) electrons. The number of nitrogens with one attached hydrogen (secondary N) is 1. The lowest BCUT2D eigenvalue weighted by Gasteiger charge is -2.22. The van der Waals surface area contributed by atoms with Gasteiger partial charge in [-0.15, -0.1) is 0 Å². The molecular formula is C25H33N3O5S. The molecule has 0 bridgehead atoms. The van der Waals surface area contributed by atoms with Crippen molar-refractivity contribution in [2.75, 3.05) is 37.0 Å². The average molecular weight is 488 g/mol. The second-order valence-corrected chi connectivity index (χ2v) is 10.4. The first-order chi connectivity index (χ1) is 16.2. The molecule has 1 aliphatic heterocycles. The molecule has 1 N–H and O–H groups in total. The van der Waals surface area contributed by atoms with Crippen LogP contribution in [-0.2, 0) is 19.6 Å². The summed E-state index contributed by atoms with van der Waals surface area (Å²) in [5.74, 6) is -0.401. The highest BCUT2D eigenvalue weighted by Crippen LogP contribution is 2.30. The number of benzene rings is 2. The zero-order valence-corrected chi connectivity index (χ0v) is 21.0. The molecule has 0 spiro atoms. The smallest absolute Gasteiger partial charge is 0.243 e. The van der Waals surface area contributed by atoms with Crippen LogP contribution in [0.4, 0.5) is 11.4 Å². The third-order valence-corrected chi connectivity index (χ3v) is 7.75. The van der Waals surface area contributed by atoms with Crippen LogP contribution in [0.1, 0.15) is 38.7 Å². The predicted octanol–water partition coefficient (Wildman–Crippen LogP) is 3.81. The van der Waals surface area contributed by atoms with Gasteiger partial charge in [0.05, 0.1) is 23.6 Å². The Morgan fingerprint density at radius 3 is 2.35 bits per heavy atom. The summed E-state index contributed by atoms with van der Waals surface area (Å²) >= 11 is 0. The topological polar surface area (TPSA) is 96.0 Å². The maximum Gasteiger partial charge on any atom is 0.243 e. The van der Waals surface area contributed by atoms with Crippen LogP contribution in [0.2, 0.25) is 0 Å². The van der Waals surface area contributed by atoms with E-state index in [1.54, 1.807) is 18.2 Å². The number of methoxy groups -OCH3 is 1. The van der Waals surface area contributed by atoms with Crippen LogP contribution < -0.4 is 15.0 Å². The SMILES string of the molecule is CCCN(CCC)S(=O)(=O)c1ccc(N2CC(C(=O)Nc3cc(C)ccc3OC)CC2=O)cc1. The molecule has 1 unspecified atom stereocenters. The minimum Gasteiger partial charge on any atom is -0.495 e. The summed E-state index contributed by atoms with van der Waals surface area (Å²) in [5.41, 5.74) is 2.12. The van der Waals surface area contributed by atoms with Gasteiger partial charge in [-0.2, -0.15) is 4.31 Å². The molecule has 184 valence electrons. The van der Waals surface area contributed by atoms with Crippen LogP contribution in [0.5, 0.6) is 5.75 Å². The molecule has 34 heavy (non-hydrogen) atoms. The number of hydrogen-bond acceptors (Lipinski definition) is 5. The zero-order valence-electron chi connectivity index (χ0n) is 20.2. The summed E-state index contributed by atoms with van der Waals surface area (Å²) in [6.07, 6.45) is 1.55. The van der Waals surface area contributed by atoms with Gasteiger partial charge in [-0.1, -0.05) is 19.9 Å². The van der Waals surface area contributed by atoms with E-state index in [-0.39, 0.29) is 29.7 Å². The molecule has 1 atom stereocenters. The lowest BCUT2D eigenvalue weighted by atomic mass is 10.1. The highest BCUT2D eigenvalue weighted by atomic mass is 32.2. The van der Waals surface area contributed by atoms with Gasteiger partial charge in [0.1, 0.15) is 5.75 Å². The van der Waals surface area contributed by atoms with Gasteiger partial charge < -0.3 is 15.0 Å². The van der Waals surface area contributed by atoms with E-state index in [0.29, 0.717) is 30.2 Å².